The highest BCUT2D eigenvalue weighted by Crippen LogP contribution is 2.41. The molecule has 0 saturated carbocycles. The number of hydrogen-bond donors (Lipinski definition) is 1. The van der Waals surface area contributed by atoms with Crippen molar-refractivity contribution < 1.29 is 5.11 Å². The van der Waals surface area contributed by atoms with Crippen molar-refractivity contribution in [3.05, 3.63) is 35.1 Å². The highest BCUT2D eigenvalue weighted by molar-refractivity contribution is 5.43. The molecular formula is C15H24O. The summed E-state index contributed by atoms with van der Waals surface area (Å²) in [6, 6.07) is 0. The zero-order chi connectivity index (χ0) is 12.3. The molecule has 0 bridgehead atoms. The predicted molar refractivity (Wildman–Crippen MR) is 70.4 cm³/mol. The van der Waals surface area contributed by atoms with Gasteiger partial charge in [0.15, 0.2) is 0 Å². The van der Waals surface area contributed by atoms with Gasteiger partial charge >= 0.3 is 0 Å². The van der Waals surface area contributed by atoms with Crippen LogP contribution in [0.3, 0.4) is 0 Å². The van der Waals surface area contributed by atoms with Gasteiger partial charge in [-0.3, -0.25) is 0 Å². The Kier molecular flexibility index (Phi) is 4.01. The second-order valence-corrected chi connectivity index (χ2v) is 5.69. The molecule has 1 rings (SSSR count). The average molecular weight is 220 g/mol. The first kappa shape index (κ1) is 13.1. The summed E-state index contributed by atoms with van der Waals surface area (Å²) in [6.07, 6.45) is 8.37. The molecule has 1 heteroatoms. The van der Waals surface area contributed by atoms with E-state index in [2.05, 4.69) is 40.7 Å². The second-order valence-electron chi connectivity index (χ2n) is 5.69. The van der Waals surface area contributed by atoms with Gasteiger partial charge in [0, 0.05) is 5.92 Å². The standard InChI is InChI=1S/C15H24O/c1-6-7-8-12-11(2)9-10-13(16)14(12)15(3,4)5/h8-10,14,16H,6-7H2,1-5H3. The highest BCUT2D eigenvalue weighted by atomic mass is 16.3. The average Bonchev–Trinajstić information content (AvgIpc) is 2.17. The number of allylic oxidation sites excluding steroid dienone is 5. The summed E-state index contributed by atoms with van der Waals surface area (Å²) in [7, 11) is 0. The summed E-state index contributed by atoms with van der Waals surface area (Å²) >= 11 is 0. The molecule has 1 aliphatic rings. The Morgan fingerprint density at radius 2 is 1.94 bits per heavy atom. The van der Waals surface area contributed by atoms with Gasteiger partial charge in [0.1, 0.15) is 5.76 Å². The van der Waals surface area contributed by atoms with E-state index in [1.807, 2.05) is 12.2 Å². The molecule has 0 aromatic heterocycles. The van der Waals surface area contributed by atoms with Crippen molar-refractivity contribution in [2.75, 3.05) is 0 Å². The molecule has 16 heavy (non-hydrogen) atoms. The van der Waals surface area contributed by atoms with Crippen LogP contribution in [-0.4, -0.2) is 5.11 Å². The lowest BCUT2D eigenvalue weighted by Crippen LogP contribution is -2.26. The molecule has 0 amide bonds. The lowest BCUT2D eigenvalue weighted by molar-refractivity contribution is 0.230. The molecule has 0 aromatic carbocycles. The second kappa shape index (κ2) is 4.90. The summed E-state index contributed by atoms with van der Waals surface area (Å²) in [6.45, 7) is 10.9. The summed E-state index contributed by atoms with van der Waals surface area (Å²) in [5, 5.41) is 10.1. The lowest BCUT2D eigenvalue weighted by Gasteiger charge is -2.34. The molecule has 0 radical (unpaired) electrons. The van der Waals surface area contributed by atoms with Crippen molar-refractivity contribution in [2.24, 2.45) is 11.3 Å². The fraction of sp³-hybridized carbons (Fsp3) is 0.600. The highest BCUT2D eigenvalue weighted by Gasteiger charge is 2.33. The number of rotatable bonds is 2. The maximum absolute atomic E-state index is 10.1. The first-order valence-electron chi connectivity index (χ1n) is 6.15. The first-order valence-corrected chi connectivity index (χ1v) is 6.15. The Balaban J connectivity index is 3.11. The quantitative estimate of drug-likeness (QED) is 0.710. The van der Waals surface area contributed by atoms with Crippen LogP contribution >= 0.6 is 0 Å². The van der Waals surface area contributed by atoms with Crippen LogP contribution in [0.4, 0.5) is 0 Å². The lowest BCUT2D eigenvalue weighted by atomic mass is 9.71. The molecule has 0 aliphatic heterocycles. The molecule has 0 saturated heterocycles. The zero-order valence-corrected chi connectivity index (χ0v) is 11.2. The molecule has 1 unspecified atom stereocenters. The molecule has 0 fully saturated rings. The maximum atomic E-state index is 10.1. The molecule has 1 atom stereocenters. The Hall–Kier alpha value is -0.980. The number of hydrogen-bond acceptors (Lipinski definition) is 1. The van der Waals surface area contributed by atoms with Gasteiger partial charge in [-0.15, -0.1) is 0 Å². The van der Waals surface area contributed by atoms with Gasteiger partial charge in [-0.1, -0.05) is 46.3 Å². The van der Waals surface area contributed by atoms with Crippen molar-refractivity contribution in [3.63, 3.8) is 0 Å². The van der Waals surface area contributed by atoms with Crippen LogP contribution in [0, 0.1) is 11.3 Å². The van der Waals surface area contributed by atoms with Crippen LogP contribution in [-0.2, 0) is 0 Å². The predicted octanol–water partition coefficient (Wildman–Crippen LogP) is 4.78. The number of unbranched alkanes of at least 4 members (excludes halogenated alkanes) is 1. The topological polar surface area (TPSA) is 20.2 Å². The zero-order valence-electron chi connectivity index (χ0n) is 11.2. The van der Waals surface area contributed by atoms with Crippen LogP contribution in [0.2, 0.25) is 0 Å². The summed E-state index contributed by atoms with van der Waals surface area (Å²) < 4.78 is 0. The first-order chi connectivity index (χ1) is 7.38. The molecule has 0 heterocycles. The van der Waals surface area contributed by atoms with E-state index in [1.54, 1.807) is 0 Å². The molecule has 0 aromatic rings. The minimum absolute atomic E-state index is 0.0652. The summed E-state index contributed by atoms with van der Waals surface area (Å²) in [5.41, 5.74) is 2.65. The summed E-state index contributed by atoms with van der Waals surface area (Å²) in [4.78, 5) is 0. The summed E-state index contributed by atoms with van der Waals surface area (Å²) in [5.74, 6) is 0.643. The van der Waals surface area contributed by atoms with Gasteiger partial charge in [-0.05, 0) is 36.0 Å². The Morgan fingerprint density at radius 1 is 1.31 bits per heavy atom. The van der Waals surface area contributed by atoms with Crippen molar-refractivity contribution in [1.82, 2.24) is 0 Å². The third kappa shape index (κ3) is 2.78. The van der Waals surface area contributed by atoms with E-state index < -0.39 is 0 Å². The van der Waals surface area contributed by atoms with Gasteiger partial charge in [0.05, 0.1) is 0 Å². The van der Waals surface area contributed by atoms with E-state index in [0.29, 0.717) is 5.76 Å². The number of aliphatic hydroxyl groups is 1. The van der Waals surface area contributed by atoms with Crippen LogP contribution < -0.4 is 0 Å². The van der Waals surface area contributed by atoms with Gasteiger partial charge in [0.2, 0.25) is 0 Å². The third-order valence-electron chi connectivity index (χ3n) is 3.09. The van der Waals surface area contributed by atoms with Crippen LogP contribution in [0.25, 0.3) is 0 Å². The normalized spacial score (nSPS) is 24.3. The molecule has 0 spiro atoms. The van der Waals surface area contributed by atoms with Gasteiger partial charge in [-0.2, -0.15) is 0 Å². The van der Waals surface area contributed by atoms with Gasteiger partial charge in [-0.25, -0.2) is 0 Å². The minimum Gasteiger partial charge on any atom is -0.512 e. The van der Waals surface area contributed by atoms with Crippen molar-refractivity contribution in [3.8, 4) is 0 Å². The van der Waals surface area contributed by atoms with E-state index in [1.165, 1.54) is 11.1 Å². The van der Waals surface area contributed by atoms with E-state index in [9.17, 15) is 5.11 Å². The smallest absolute Gasteiger partial charge is 0.100 e. The van der Waals surface area contributed by atoms with E-state index in [4.69, 9.17) is 0 Å². The van der Waals surface area contributed by atoms with Crippen molar-refractivity contribution in [2.45, 2.75) is 47.5 Å². The molecular weight excluding hydrogens is 196 g/mol. The van der Waals surface area contributed by atoms with Crippen molar-refractivity contribution >= 4 is 0 Å². The Labute approximate surface area is 99.6 Å². The molecule has 1 N–H and O–H groups in total. The molecule has 1 nitrogen and oxygen atoms in total. The fourth-order valence-corrected chi connectivity index (χ4v) is 2.28. The monoisotopic (exact) mass is 220 g/mol. The van der Waals surface area contributed by atoms with E-state index >= 15 is 0 Å². The fourth-order valence-electron chi connectivity index (χ4n) is 2.28. The van der Waals surface area contributed by atoms with Crippen LogP contribution in [0.5, 0.6) is 0 Å². The molecule has 90 valence electrons. The van der Waals surface area contributed by atoms with E-state index in [0.717, 1.165) is 12.8 Å². The van der Waals surface area contributed by atoms with Gasteiger partial charge < -0.3 is 5.11 Å². The van der Waals surface area contributed by atoms with E-state index in [-0.39, 0.29) is 11.3 Å². The minimum atomic E-state index is 0.0652. The van der Waals surface area contributed by atoms with Crippen LogP contribution in [0.15, 0.2) is 35.1 Å². The third-order valence-corrected chi connectivity index (χ3v) is 3.09. The molecule has 1 aliphatic carbocycles. The SMILES string of the molecule is CCCC=C1C(C)=CC=C(O)C1C(C)(C)C. The van der Waals surface area contributed by atoms with Crippen molar-refractivity contribution in [1.29, 1.82) is 0 Å². The maximum Gasteiger partial charge on any atom is 0.100 e. The number of aliphatic hydroxyl groups excluding tert-OH is 1. The largest absolute Gasteiger partial charge is 0.512 e. The Bertz CT molecular complexity index is 337. The van der Waals surface area contributed by atoms with Gasteiger partial charge in [0.25, 0.3) is 0 Å². The Morgan fingerprint density at radius 3 is 2.44 bits per heavy atom. The van der Waals surface area contributed by atoms with Crippen LogP contribution in [0.1, 0.15) is 47.5 Å².